The van der Waals surface area contributed by atoms with Gasteiger partial charge in [0.25, 0.3) is 11.1 Å². The lowest BCUT2D eigenvalue weighted by atomic mass is 10.1. The number of halogens is 1. The van der Waals surface area contributed by atoms with Crippen LogP contribution in [0.1, 0.15) is 39.6 Å². The second kappa shape index (κ2) is 11.1. The van der Waals surface area contributed by atoms with Crippen LogP contribution in [0.15, 0.2) is 84.0 Å². The van der Waals surface area contributed by atoms with Crippen molar-refractivity contribution in [2.75, 3.05) is 0 Å². The van der Waals surface area contributed by atoms with Gasteiger partial charge in [0, 0.05) is 45.2 Å². The summed E-state index contributed by atoms with van der Waals surface area (Å²) in [7, 11) is 0. The standard InChI is InChI=1S/C16H16N2O2.C15H13BrN2O2/c1-10-4-5-14-11(2)8-18(16(19)15(14)6-10)9-13-7-12(3)17-20-13;1-9-3-4-12-13(5-9)15(19)18(8-14(12)16)7-11-6-10(2)17-20-11/h4-8H,9H2,1-3H3;3-6,8H,7H2,1-2H3. The second-order valence-electron chi connectivity index (χ2n) is 10.1. The molecule has 4 aromatic heterocycles. The van der Waals surface area contributed by atoms with Crippen molar-refractivity contribution in [3.8, 4) is 0 Å². The second-order valence-corrected chi connectivity index (χ2v) is 11.0. The number of hydrogen-bond donors (Lipinski definition) is 0. The van der Waals surface area contributed by atoms with E-state index in [1.54, 1.807) is 15.3 Å². The normalized spacial score (nSPS) is 11.2. The summed E-state index contributed by atoms with van der Waals surface area (Å²) in [6.45, 7) is 10.5. The molecule has 0 spiro atoms. The van der Waals surface area contributed by atoms with E-state index in [9.17, 15) is 9.59 Å². The zero-order valence-corrected chi connectivity index (χ0v) is 24.6. The maximum atomic E-state index is 12.5. The highest BCUT2D eigenvalue weighted by molar-refractivity contribution is 9.10. The molecule has 0 N–H and O–H groups in total. The Bertz CT molecular complexity index is 1840. The third-order valence-corrected chi connectivity index (χ3v) is 7.27. The van der Waals surface area contributed by atoms with Gasteiger partial charge in [-0.25, -0.2) is 0 Å². The molecule has 0 atom stereocenters. The minimum Gasteiger partial charge on any atom is -0.359 e. The average molecular weight is 602 g/mol. The zero-order chi connectivity index (χ0) is 28.6. The summed E-state index contributed by atoms with van der Waals surface area (Å²) in [6.07, 6.45) is 3.66. The Morgan fingerprint density at radius 2 is 1.12 bits per heavy atom. The van der Waals surface area contributed by atoms with E-state index in [-0.39, 0.29) is 11.1 Å². The van der Waals surface area contributed by atoms with Crippen molar-refractivity contribution in [2.24, 2.45) is 0 Å². The average Bonchev–Trinajstić information content (AvgIpc) is 3.52. The summed E-state index contributed by atoms with van der Waals surface area (Å²) < 4.78 is 14.6. The predicted octanol–water partition coefficient (Wildman–Crippen LogP) is 6.38. The van der Waals surface area contributed by atoms with Gasteiger partial charge in [0.15, 0.2) is 11.5 Å². The fourth-order valence-electron chi connectivity index (χ4n) is 4.71. The van der Waals surface area contributed by atoms with Crippen LogP contribution in [-0.2, 0) is 13.1 Å². The van der Waals surface area contributed by atoms with E-state index in [0.717, 1.165) is 48.7 Å². The lowest BCUT2D eigenvalue weighted by molar-refractivity contribution is 0.371. The number of pyridine rings is 2. The van der Waals surface area contributed by atoms with Gasteiger partial charge in [-0.05, 0) is 73.6 Å². The van der Waals surface area contributed by atoms with Crippen molar-refractivity contribution < 1.29 is 9.05 Å². The first kappa shape index (κ1) is 27.3. The van der Waals surface area contributed by atoms with E-state index in [4.69, 9.17) is 9.05 Å². The lowest BCUT2D eigenvalue weighted by Crippen LogP contribution is -2.20. The molecule has 2 aromatic carbocycles. The van der Waals surface area contributed by atoms with Gasteiger partial charge in [-0.1, -0.05) is 45.7 Å². The largest absolute Gasteiger partial charge is 0.359 e. The molecule has 4 heterocycles. The summed E-state index contributed by atoms with van der Waals surface area (Å²) in [5.41, 5.74) is 4.84. The summed E-state index contributed by atoms with van der Waals surface area (Å²) in [5.74, 6) is 1.36. The zero-order valence-electron chi connectivity index (χ0n) is 23.0. The molecule has 0 bridgehead atoms. The Labute approximate surface area is 239 Å². The van der Waals surface area contributed by atoms with Gasteiger partial charge in [0.2, 0.25) is 0 Å². The van der Waals surface area contributed by atoms with Gasteiger partial charge in [0.05, 0.1) is 24.5 Å². The van der Waals surface area contributed by atoms with Crippen LogP contribution in [-0.4, -0.2) is 19.4 Å². The molecular weight excluding hydrogens is 572 g/mol. The molecular formula is C31H29BrN4O4. The molecule has 0 radical (unpaired) electrons. The molecule has 0 aliphatic carbocycles. The van der Waals surface area contributed by atoms with Crippen LogP contribution in [0, 0.1) is 34.6 Å². The van der Waals surface area contributed by atoms with Gasteiger partial charge in [0.1, 0.15) is 0 Å². The summed E-state index contributed by atoms with van der Waals surface area (Å²) in [6, 6.07) is 15.5. The van der Waals surface area contributed by atoms with E-state index in [2.05, 4.69) is 26.2 Å². The van der Waals surface area contributed by atoms with E-state index in [1.807, 2.05) is 89.3 Å². The van der Waals surface area contributed by atoms with Gasteiger partial charge >= 0.3 is 0 Å². The maximum Gasteiger partial charge on any atom is 0.258 e. The Morgan fingerprint density at radius 1 is 0.650 bits per heavy atom. The number of rotatable bonds is 4. The molecule has 0 saturated carbocycles. The number of aryl methyl sites for hydroxylation is 5. The number of nitrogens with zero attached hydrogens (tertiary/aromatic N) is 4. The number of benzene rings is 2. The van der Waals surface area contributed by atoms with Crippen molar-refractivity contribution in [1.29, 1.82) is 0 Å². The smallest absolute Gasteiger partial charge is 0.258 e. The number of aromatic nitrogens is 4. The Hall–Kier alpha value is -4.24. The van der Waals surface area contributed by atoms with Crippen LogP contribution in [0.5, 0.6) is 0 Å². The van der Waals surface area contributed by atoms with Gasteiger partial charge < -0.3 is 18.2 Å². The molecule has 0 unspecified atom stereocenters. The fourth-order valence-corrected chi connectivity index (χ4v) is 5.30. The number of fused-ring (bicyclic) bond motifs is 2. The SMILES string of the molecule is Cc1ccc2c(Br)cn(Cc3cc(C)no3)c(=O)c2c1.Cc1ccc2c(C)cn(Cc3cc(C)no3)c(=O)c2c1. The minimum absolute atomic E-state index is 0.00310. The molecule has 40 heavy (non-hydrogen) atoms. The van der Waals surface area contributed by atoms with Crippen molar-refractivity contribution in [3.63, 3.8) is 0 Å². The van der Waals surface area contributed by atoms with Crippen LogP contribution in [0.4, 0.5) is 0 Å². The van der Waals surface area contributed by atoms with Crippen molar-refractivity contribution in [3.05, 3.63) is 126 Å². The Morgan fingerprint density at radius 3 is 1.62 bits per heavy atom. The van der Waals surface area contributed by atoms with Crippen LogP contribution in [0.3, 0.4) is 0 Å². The molecule has 204 valence electrons. The molecule has 8 nitrogen and oxygen atoms in total. The first-order valence-electron chi connectivity index (χ1n) is 12.8. The summed E-state index contributed by atoms with van der Waals surface area (Å²) in [4.78, 5) is 25.1. The van der Waals surface area contributed by atoms with Gasteiger partial charge in [-0.15, -0.1) is 0 Å². The highest BCUT2D eigenvalue weighted by atomic mass is 79.9. The van der Waals surface area contributed by atoms with Crippen molar-refractivity contribution in [2.45, 2.75) is 47.7 Å². The third-order valence-electron chi connectivity index (χ3n) is 6.64. The van der Waals surface area contributed by atoms with E-state index >= 15 is 0 Å². The van der Waals surface area contributed by atoms with Crippen LogP contribution in [0.25, 0.3) is 21.5 Å². The molecule has 6 aromatic rings. The quantitative estimate of drug-likeness (QED) is 0.233. The first-order valence-corrected chi connectivity index (χ1v) is 13.6. The van der Waals surface area contributed by atoms with E-state index in [0.29, 0.717) is 30.0 Å². The van der Waals surface area contributed by atoms with E-state index < -0.39 is 0 Å². The topological polar surface area (TPSA) is 96.1 Å². The van der Waals surface area contributed by atoms with Crippen LogP contribution >= 0.6 is 15.9 Å². The summed E-state index contributed by atoms with van der Waals surface area (Å²) >= 11 is 3.52. The first-order chi connectivity index (χ1) is 19.1. The lowest BCUT2D eigenvalue weighted by Gasteiger charge is -2.09. The Balaban J connectivity index is 0.000000161. The van der Waals surface area contributed by atoms with Crippen molar-refractivity contribution in [1.82, 2.24) is 19.4 Å². The molecule has 0 saturated heterocycles. The van der Waals surface area contributed by atoms with Gasteiger partial charge in [-0.3, -0.25) is 9.59 Å². The molecule has 6 rings (SSSR count). The molecule has 9 heteroatoms. The number of hydrogen-bond acceptors (Lipinski definition) is 6. The third kappa shape index (κ3) is 5.70. The van der Waals surface area contributed by atoms with Gasteiger partial charge in [-0.2, -0.15) is 0 Å². The monoisotopic (exact) mass is 600 g/mol. The highest BCUT2D eigenvalue weighted by Gasteiger charge is 2.11. The summed E-state index contributed by atoms with van der Waals surface area (Å²) in [5, 5.41) is 11.1. The molecule has 0 amide bonds. The maximum absolute atomic E-state index is 12.5. The fraction of sp³-hybridized carbons (Fsp3) is 0.226. The Kier molecular flexibility index (Phi) is 7.58. The molecule has 0 fully saturated rings. The predicted molar refractivity (Wildman–Crippen MR) is 159 cm³/mol. The van der Waals surface area contributed by atoms with Crippen LogP contribution in [0.2, 0.25) is 0 Å². The highest BCUT2D eigenvalue weighted by Crippen LogP contribution is 2.22. The molecule has 0 aliphatic rings. The van der Waals surface area contributed by atoms with E-state index in [1.165, 1.54) is 0 Å². The van der Waals surface area contributed by atoms with Crippen LogP contribution < -0.4 is 11.1 Å². The van der Waals surface area contributed by atoms with Crippen molar-refractivity contribution >= 4 is 37.5 Å². The minimum atomic E-state index is -0.0269. The molecule has 0 aliphatic heterocycles.